The average molecular weight is 479 g/mol. The smallest absolute Gasteiger partial charge is 0.306 e. The number of rotatable bonds is 9. The molecule has 0 N–H and O–H groups in total. The fourth-order valence-corrected chi connectivity index (χ4v) is 4.15. The molecule has 1 fully saturated rings. The molecule has 34 heavy (non-hydrogen) atoms. The van der Waals surface area contributed by atoms with Gasteiger partial charge in [0.25, 0.3) is 0 Å². The van der Waals surface area contributed by atoms with Crippen LogP contribution < -0.4 is 0 Å². The largest absolute Gasteiger partial charge is 0.464 e. The minimum Gasteiger partial charge on any atom is -0.464 e. The van der Waals surface area contributed by atoms with Gasteiger partial charge >= 0.3 is 11.9 Å². The number of ether oxygens (including phenoxy) is 2. The van der Waals surface area contributed by atoms with Crippen molar-refractivity contribution < 1.29 is 28.7 Å². The Hall–Kier alpha value is -2.22. The van der Waals surface area contributed by atoms with E-state index in [0.29, 0.717) is 26.1 Å². The van der Waals surface area contributed by atoms with Crippen LogP contribution >= 0.6 is 0 Å². The van der Waals surface area contributed by atoms with E-state index in [2.05, 4.69) is 12.2 Å². The highest BCUT2D eigenvalue weighted by molar-refractivity contribution is 5.85. The third-order valence-electron chi connectivity index (χ3n) is 6.41. The molecule has 0 aromatic heterocycles. The van der Waals surface area contributed by atoms with E-state index in [1.165, 1.54) is 6.92 Å². The molecule has 1 saturated heterocycles. The molecule has 1 aliphatic carbocycles. The van der Waals surface area contributed by atoms with Crippen molar-refractivity contribution in [2.75, 3.05) is 32.8 Å². The first kappa shape index (κ1) is 28.0. The molecule has 2 aliphatic rings. The van der Waals surface area contributed by atoms with Gasteiger partial charge < -0.3 is 14.4 Å². The van der Waals surface area contributed by atoms with Crippen LogP contribution in [0.15, 0.2) is 12.2 Å². The Balaban J connectivity index is 1.81. The second-order valence-electron chi connectivity index (χ2n) is 10.4. The third-order valence-corrected chi connectivity index (χ3v) is 6.41. The zero-order valence-electron chi connectivity index (χ0n) is 21.3. The van der Waals surface area contributed by atoms with Crippen LogP contribution in [0.4, 0.5) is 0 Å². The topological polar surface area (TPSA) is 93.2 Å². The first-order valence-corrected chi connectivity index (χ1v) is 12.6. The van der Waals surface area contributed by atoms with Crippen molar-refractivity contribution in [3.8, 4) is 0 Å². The Kier molecular flexibility index (Phi) is 11.2. The number of esters is 2. The van der Waals surface area contributed by atoms with E-state index < -0.39 is 5.41 Å². The van der Waals surface area contributed by atoms with Crippen LogP contribution in [0.5, 0.6) is 0 Å². The summed E-state index contributed by atoms with van der Waals surface area (Å²) < 4.78 is 10.8. The maximum absolute atomic E-state index is 12.8. The molecule has 0 radical (unpaired) electrons. The maximum atomic E-state index is 12.8. The van der Waals surface area contributed by atoms with Crippen LogP contribution in [0.3, 0.4) is 0 Å². The lowest BCUT2D eigenvalue weighted by Crippen LogP contribution is -2.58. The molecule has 0 saturated carbocycles. The Labute approximate surface area is 204 Å². The van der Waals surface area contributed by atoms with Crippen LogP contribution in [-0.2, 0) is 28.7 Å². The Morgan fingerprint density at radius 2 is 1.74 bits per heavy atom. The van der Waals surface area contributed by atoms with E-state index in [1.54, 1.807) is 4.90 Å². The summed E-state index contributed by atoms with van der Waals surface area (Å²) in [7, 11) is 0. The molecule has 1 amide bonds. The van der Waals surface area contributed by atoms with Crippen molar-refractivity contribution in [2.45, 2.75) is 91.2 Å². The van der Waals surface area contributed by atoms with Crippen LogP contribution in [0, 0.1) is 5.41 Å². The minimum absolute atomic E-state index is 0.0286. The van der Waals surface area contributed by atoms with Crippen molar-refractivity contribution in [1.29, 1.82) is 0 Å². The lowest BCUT2D eigenvalue weighted by molar-refractivity contribution is -0.150. The number of allylic oxidation sites excluding steroid dienone is 2. The number of hydrogen-bond donors (Lipinski definition) is 0. The first-order valence-electron chi connectivity index (χ1n) is 12.6. The number of hydrogen-bond acceptors (Lipinski definition) is 7. The lowest BCUT2D eigenvalue weighted by atomic mass is 9.90. The van der Waals surface area contributed by atoms with Gasteiger partial charge in [-0.1, -0.05) is 32.9 Å². The molecule has 0 aromatic rings. The summed E-state index contributed by atoms with van der Waals surface area (Å²) in [5.74, 6) is -0.539. The summed E-state index contributed by atoms with van der Waals surface area (Å²) >= 11 is 0. The Bertz CT molecular complexity index is 742. The van der Waals surface area contributed by atoms with Crippen molar-refractivity contribution in [1.82, 2.24) is 9.80 Å². The molecular formula is C26H42N2O6. The number of Topliss-reactive ketones (excluding diaryl/α,β-unsaturated/α-hetero) is 1. The summed E-state index contributed by atoms with van der Waals surface area (Å²) in [6.45, 7) is 8.84. The first-order chi connectivity index (χ1) is 16.1. The molecule has 2 unspecified atom stereocenters. The molecule has 2 rings (SSSR count). The molecule has 0 bridgehead atoms. The summed E-state index contributed by atoms with van der Waals surface area (Å²) in [6.07, 6.45) is 9.97. The lowest BCUT2D eigenvalue weighted by Gasteiger charge is -2.41. The fourth-order valence-electron chi connectivity index (χ4n) is 4.15. The van der Waals surface area contributed by atoms with Gasteiger partial charge in [-0.05, 0) is 38.5 Å². The second-order valence-corrected chi connectivity index (χ2v) is 10.4. The summed E-state index contributed by atoms with van der Waals surface area (Å²) in [6, 6.07) is -0.230. The van der Waals surface area contributed by atoms with Crippen LogP contribution in [-0.4, -0.2) is 78.4 Å². The molecule has 192 valence electrons. The minimum atomic E-state index is -0.458. The van der Waals surface area contributed by atoms with Crippen LogP contribution in [0.1, 0.15) is 79.1 Å². The highest BCUT2D eigenvalue weighted by atomic mass is 16.5. The molecule has 2 atom stereocenters. The maximum Gasteiger partial charge on any atom is 0.306 e. The third kappa shape index (κ3) is 9.95. The highest BCUT2D eigenvalue weighted by Crippen LogP contribution is 2.20. The zero-order chi connectivity index (χ0) is 25.1. The quantitative estimate of drug-likeness (QED) is 0.371. The SMILES string of the molecule is CC(=O)OCC1CN(C(=O)CCCC(=O)OC2CC/C=C/CCC2)CCN1CC(=O)C(C)(C)C. The van der Waals surface area contributed by atoms with Crippen LogP contribution in [0.2, 0.25) is 0 Å². The molecule has 0 spiro atoms. The molecule has 0 aromatic carbocycles. The van der Waals surface area contributed by atoms with Gasteiger partial charge in [0.2, 0.25) is 5.91 Å². The predicted molar refractivity (Wildman–Crippen MR) is 129 cm³/mol. The molecule has 8 heteroatoms. The monoisotopic (exact) mass is 478 g/mol. The normalized spacial score (nSPS) is 22.9. The summed E-state index contributed by atoms with van der Waals surface area (Å²) in [5.41, 5.74) is -0.458. The van der Waals surface area contributed by atoms with E-state index >= 15 is 0 Å². The summed E-state index contributed by atoms with van der Waals surface area (Å²) in [5, 5.41) is 0. The fraction of sp³-hybridized carbons (Fsp3) is 0.769. The second kappa shape index (κ2) is 13.6. The number of piperazine rings is 1. The highest BCUT2D eigenvalue weighted by Gasteiger charge is 2.33. The van der Waals surface area contributed by atoms with Gasteiger partial charge in [0.1, 0.15) is 12.7 Å². The molecule has 1 heterocycles. The van der Waals surface area contributed by atoms with Gasteiger partial charge in [-0.2, -0.15) is 0 Å². The molecule has 8 nitrogen and oxygen atoms in total. The van der Waals surface area contributed by atoms with Gasteiger partial charge in [0.15, 0.2) is 5.78 Å². The Morgan fingerprint density at radius 1 is 1.00 bits per heavy atom. The van der Waals surface area contributed by atoms with Crippen molar-refractivity contribution in [3.05, 3.63) is 12.2 Å². The average Bonchev–Trinajstić information content (AvgIpc) is 2.73. The van der Waals surface area contributed by atoms with Gasteiger partial charge in [0.05, 0.1) is 12.6 Å². The molecule has 1 aliphatic heterocycles. The number of carbonyl (C=O) groups excluding carboxylic acids is 4. The number of carbonyl (C=O) groups is 4. The van der Waals surface area contributed by atoms with E-state index in [9.17, 15) is 19.2 Å². The van der Waals surface area contributed by atoms with Crippen molar-refractivity contribution >= 4 is 23.6 Å². The van der Waals surface area contributed by atoms with E-state index in [-0.39, 0.29) is 61.8 Å². The van der Waals surface area contributed by atoms with Crippen molar-refractivity contribution in [2.24, 2.45) is 5.41 Å². The molecular weight excluding hydrogens is 436 g/mol. The van der Waals surface area contributed by atoms with E-state index in [4.69, 9.17) is 9.47 Å². The summed E-state index contributed by atoms with van der Waals surface area (Å²) in [4.78, 5) is 52.7. The van der Waals surface area contributed by atoms with Gasteiger partial charge in [-0.15, -0.1) is 0 Å². The zero-order valence-corrected chi connectivity index (χ0v) is 21.3. The Morgan fingerprint density at radius 3 is 2.44 bits per heavy atom. The van der Waals surface area contributed by atoms with E-state index in [1.807, 2.05) is 25.7 Å². The van der Waals surface area contributed by atoms with Gasteiger partial charge in [-0.25, -0.2) is 0 Å². The van der Waals surface area contributed by atoms with E-state index in [0.717, 1.165) is 32.1 Å². The van der Waals surface area contributed by atoms with Gasteiger partial charge in [-0.3, -0.25) is 24.1 Å². The van der Waals surface area contributed by atoms with Crippen LogP contribution in [0.25, 0.3) is 0 Å². The standard InChI is InChI=1S/C26H42N2O6/c1-20(29)33-19-21-17-28(16-15-27(21)18-23(30)26(2,3)4)24(31)13-10-14-25(32)34-22-11-8-6-5-7-9-12-22/h5-6,21-22H,7-19H2,1-4H3/b6-5+. The predicted octanol–water partition coefficient (Wildman–Crippen LogP) is 3.28. The van der Waals surface area contributed by atoms with Crippen molar-refractivity contribution in [3.63, 3.8) is 0 Å². The number of amides is 1. The number of nitrogens with zero attached hydrogens (tertiary/aromatic N) is 2. The van der Waals surface area contributed by atoms with Gasteiger partial charge in [0, 0.05) is 44.8 Å². The number of ketones is 1.